The minimum absolute atomic E-state index is 0.786. The van der Waals surface area contributed by atoms with Gasteiger partial charge >= 0.3 is 0 Å². The van der Waals surface area contributed by atoms with Gasteiger partial charge < -0.3 is 4.74 Å². The van der Waals surface area contributed by atoms with Gasteiger partial charge in [-0.3, -0.25) is 0 Å². The van der Waals surface area contributed by atoms with Gasteiger partial charge in [0.05, 0.1) is 6.61 Å². The summed E-state index contributed by atoms with van der Waals surface area (Å²) in [6, 6.07) is 7.79. The number of benzene rings is 1. The van der Waals surface area contributed by atoms with Crippen molar-refractivity contribution in [3.05, 3.63) is 24.3 Å². The molecule has 0 atom stereocenters. The van der Waals surface area contributed by atoms with Gasteiger partial charge in [-0.25, -0.2) is 0 Å². The molecule has 0 unspecified atom stereocenters. The third-order valence-electron chi connectivity index (χ3n) is 1.62. The SMILES string of the molecule is CCCCOc1ccccc1S. The maximum Gasteiger partial charge on any atom is 0.132 e. The molecule has 0 amide bonds. The molecule has 1 rings (SSSR count). The number of hydrogen-bond acceptors (Lipinski definition) is 2. The summed E-state index contributed by atoms with van der Waals surface area (Å²) < 4.78 is 5.50. The highest BCUT2D eigenvalue weighted by Crippen LogP contribution is 2.21. The van der Waals surface area contributed by atoms with Crippen LogP contribution in [0.1, 0.15) is 19.8 Å². The Morgan fingerprint density at radius 2 is 2.08 bits per heavy atom. The van der Waals surface area contributed by atoms with Crippen molar-refractivity contribution >= 4 is 12.6 Å². The molecule has 0 saturated carbocycles. The molecular weight excluding hydrogens is 168 g/mol. The molecule has 0 N–H and O–H groups in total. The first-order chi connectivity index (χ1) is 5.84. The molecular formula is C10H14OS. The lowest BCUT2D eigenvalue weighted by Crippen LogP contribution is -1.96. The van der Waals surface area contributed by atoms with Gasteiger partial charge in [-0.1, -0.05) is 25.5 Å². The minimum atomic E-state index is 0.786. The molecule has 0 heterocycles. The number of unbranched alkanes of at least 4 members (excludes halogenated alkanes) is 1. The minimum Gasteiger partial charge on any atom is -0.492 e. The van der Waals surface area contributed by atoms with Crippen LogP contribution in [-0.2, 0) is 0 Å². The van der Waals surface area contributed by atoms with E-state index in [1.807, 2.05) is 24.3 Å². The van der Waals surface area contributed by atoms with Crippen molar-refractivity contribution in [1.82, 2.24) is 0 Å². The quantitative estimate of drug-likeness (QED) is 0.556. The van der Waals surface area contributed by atoms with E-state index in [1.165, 1.54) is 0 Å². The highest BCUT2D eigenvalue weighted by Gasteiger charge is 1.96. The van der Waals surface area contributed by atoms with Crippen LogP contribution in [0.25, 0.3) is 0 Å². The molecule has 12 heavy (non-hydrogen) atoms. The molecule has 2 heteroatoms. The first kappa shape index (κ1) is 9.46. The standard InChI is InChI=1S/C10H14OS/c1-2-3-8-11-9-6-4-5-7-10(9)12/h4-7,12H,2-3,8H2,1H3. The van der Waals surface area contributed by atoms with Crippen LogP contribution < -0.4 is 4.74 Å². The highest BCUT2D eigenvalue weighted by molar-refractivity contribution is 7.80. The summed E-state index contributed by atoms with van der Waals surface area (Å²) >= 11 is 4.28. The molecule has 0 aliphatic carbocycles. The van der Waals surface area contributed by atoms with Crippen molar-refractivity contribution in [3.63, 3.8) is 0 Å². The maximum absolute atomic E-state index is 5.50. The predicted molar refractivity (Wildman–Crippen MR) is 54.1 cm³/mol. The van der Waals surface area contributed by atoms with Gasteiger partial charge in [0, 0.05) is 4.90 Å². The topological polar surface area (TPSA) is 9.23 Å². The Balaban J connectivity index is 2.46. The highest BCUT2D eigenvalue weighted by atomic mass is 32.1. The van der Waals surface area contributed by atoms with Gasteiger partial charge in [-0.15, -0.1) is 12.6 Å². The van der Waals surface area contributed by atoms with Gasteiger partial charge in [0.15, 0.2) is 0 Å². The van der Waals surface area contributed by atoms with Gasteiger partial charge in [0.2, 0.25) is 0 Å². The van der Waals surface area contributed by atoms with Crippen LogP contribution in [0.5, 0.6) is 5.75 Å². The van der Waals surface area contributed by atoms with Crippen molar-refractivity contribution < 1.29 is 4.74 Å². The molecule has 0 fully saturated rings. The lowest BCUT2D eigenvalue weighted by molar-refractivity contribution is 0.302. The van der Waals surface area contributed by atoms with E-state index in [-0.39, 0.29) is 0 Å². The monoisotopic (exact) mass is 182 g/mol. The fourth-order valence-corrected chi connectivity index (χ4v) is 1.13. The summed E-state index contributed by atoms with van der Waals surface area (Å²) in [5.41, 5.74) is 0. The Morgan fingerprint density at radius 3 is 2.75 bits per heavy atom. The second kappa shape index (κ2) is 5.09. The first-order valence-corrected chi connectivity index (χ1v) is 4.70. The Bertz CT molecular complexity index is 235. The molecule has 0 aliphatic rings. The molecule has 0 aliphatic heterocycles. The molecule has 0 radical (unpaired) electrons. The number of ether oxygens (including phenoxy) is 1. The number of hydrogen-bond donors (Lipinski definition) is 1. The van der Waals surface area contributed by atoms with Crippen LogP contribution in [0, 0.1) is 0 Å². The average molecular weight is 182 g/mol. The lowest BCUT2D eigenvalue weighted by Gasteiger charge is -2.06. The summed E-state index contributed by atoms with van der Waals surface area (Å²) in [6.07, 6.45) is 2.26. The fraction of sp³-hybridized carbons (Fsp3) is 0.400. The molecule has 1 aromatic carbocycles. The van der Waals surface area contributed by atoms with Crippen LogP contribution in [0.3, 0.4) is 0 Å². The van der Waals surface area contributed by atoms with E-state index >= 15 is 0 Å². The Labute approximate surface area is 79.2 Å². The summed E-state index contributed by atoms with van der Waals surface area (Å²) in [7, 11) is 0. The molecule has 66 valence electrons. The third-order valence-corrected chi connectivity index (χ3v) is 1.99. The van der Waals surface area contributed by atoms with Gasteiger partial charge in [-0.2, -0.15) is 0 Å². The van der Waals surface area contributed by atoms with E-state index in [9.17, 15) is 0 Å². The zero-order valence-electron chi connectivity index (χ0n) is 7.29. The van der Waals surface area contributed by atoms with Crippen LogP contribution in [0.2, 0.25) is 0 Å². The third kappa shape index (κ3) is 2.78. The number of para-hydroxylation sites is 1. The molecule has 0 saturated heterocycles. The summed E-state index contributed by atoms with van der Waals surface area (Å²) in [6.45, 7) is 2.93. The van der Waals surface area contributed by atoms with Crippen molar-refractivity contribution in [1.29, 1.82) is 0 Å². The summed E-state index contributed by atoms with van der Waals surface area (Å²) in [4.78, 5) is 0.911. The zero-order chi connectivity index (χ0) is 8.81. The van der Waals surface area contributed by atoms with E-state index < -0.39 is 0 Å². The molecule has 0 bridgehead atoms. The molecule has 0 aromatic heterocycles. The maximum atomic E-state index is 5.50. The normalized spacial score (nSPS) is 9.83. The van der Waals surface area contributed by atoms with E-state index in [1.54, 1.807) is 0 Å². The first-order valence-electron chi connectivity index (χ1n) is 4.25. The van der Waals surface area contributed by atoms with Crippen molar-refractivity contribution in [3.8, 4) is 5.75 Å². The van der Waals surface area contributed by atoms with Crippen LogP contribution in [0.15, 0.2) is 29.2 Å². The van der Waals surface area contributed by atoms with E-state index in [0.717, 1.165) is 30.1 Å². The van der Waals surface area contributed by atoms with Crippen molar-refractivity contribution in [2.75, 3.05) is 6.61 Å². The second-order valence-corrected chi connectivity index (χ2v) is 3.15. The Kier molecular flexibility index (Phi) is 4.01. The van der Waals surface area contributed by atoms with Crippen molar-refractivity contribution in [2.24, 2.45) is 0 Å². The second-order valence-electron chi connectivity index (χ2n) is 2.67. The fourth-order valence-electron chi connectivity index (χ4n) is 0.906. The molecule has 0 spiro atoms. The van der Waals surface area contributed by atoms with Crippen LogP contribution >= 0.6 is 12.6 Å². The van der Waals surface area contributed by atoms with E-state index in [4.69, 9.17) is 4.74 Å². The largest absolute Gasteiger partial charge is 0.492 e. The zero-order valence-corrected chi connectivity index (χ0v) is 8.18. The van der Waals surface area contributed by atoms with Crippen LogP contribution in [0.4, 0.5) is 0 Å². The summed E-state index contributed by atoms with van der Waals surface area (Å²) in [5, 5.41) is 0. The van der Waals surface area contributed by atoms with Crippen molar-refractivity contribution in [2.45, 2.75) is 24.7 Å². The molecule has 1 nitrogen and oxygen atoms in total. The van der Waals surface area contributed by atoms with Gasteiger partial charge in [-0.05, 0) is 18.6 Å². The van der Waals surface area contributed by atoms with Crippen LogP contribution in [-0.4, -0.2) is 6.61 Å². The number of thiol groups is 1. The van der Waals surface area contributed by atoms with E-state index in [2.05, 4.69) is 19.6 Å². The van der Waals surface area contributed by atoms with Gasteiger partial charge in [0.25, 0.3) is 0 Å². The van der Waals surface area contributed by atoms with E-state index in [0.29, 0.717) is 0 Å². The summed E-state index contributed by atoms with van der Waals surface area (Å²) in [5.74, 6) is 0.884. The Hall–Kier alpha value is -0.630. The number of rotatable bonds is 4. The Morgan fingerprint density at radius 1 is 1.33 bits per heavy atom. The predicted octanol–water partition coefficient (Wildman–Crippen LogP) is 3.15. The lowest BCUT2D eigenvalue weighted by atomic mass is 10.3. The smallest absolute Gasteiger partial charge is 0.132 e. The molecule has 1 aromatic rings. The van der Waals surface area contributed by atoms with Gasteiger partial charge in [0.1, 0.15) is 5.75 Å². The average Bonchev–Trinajstić information content (AvgIpc) is 2.09.